The van der Waals surface area contributed by atoms with Crippen molar-refractivity contribution in [1.82, 2.24) is 5.32 Å². The van der Waals surface area contributed by atoms with E-state index in [0.717, 1.165) is 5.56 Å². The topological polar surface area (TPSA) is 97.3 Å². The number of rotatable bonds is 8. The third-order valence-electron chi connectivity index (χ3n) is 5.20. The van der Waals surface area contributed by atoms with Crippen LogP contribution >= 0.6 is 0 Å². The first-order chi connectivity index (χ1) is 15.9. The first-order valence-corrected chi connectivity index (χ1v) is 10.3. The van der Waals surface area contributed by atoms with E-state index >= 15 is 0 Å². The van der Waals surface area contributed by atoms with Crippen LogP contribution in [-0.4, -0.2) is 37.4 Å². The van der Waals surface area contributed by atoms with E-state index in [1.807, 2.05) is 6.92 Å². The number of ether oxygens (including phenoxy) is 3. The van der Waals surface area contributed by atoms with E-state index in [0.29, 0.717) is 33.9 Å². The van der Waals surface area contributed by atoms with Crippen molar-refractivity contribution in [3.05, 3.63) is 77.4 Å². The summed E-state index contributed by atoms with van der Waals surface area (Å²) in [7, 11) is 4.54. The van der Waals surface area contributed by atoms with Crippen LogP contribution in [0.15, 0.2) is 60.7 Å². The average Bonchev–Trinajstić information content (AvgIpc) is 2.83. The van der Waals surface area contributed by atoms with Gasteiger partial charge in [0.1, 0.15) is 17.2 Å². The first-order valence-electron chi connectivity index (χ1n) is 10.3. The number of phenolic OH excluding ortho intramolecular Hbond substituents is 2. The fourth-order valence-electron chi connectivity index (χ4n) is 3.36. The zero-order valence-corrected chi connectivity index (χ0v) is 19.0. The second-order valence-corrected chi connectivity index (χ2v) is 7.34. The van der Waals surface area contributed by atoms with Gasteiger partial charge in [-0.3, -0.25) is 4.79 Å². The van der Waals surface area contributed by atoms with Crippen LogP contribution in [0.1, 0.15) is 29.7 Å². The number of amides is 1. The van der Waals surface area contributed by atoms with Crippen molar-refractivity contribution in [3.8, 4) is 28.7 Å². The molecule has 0 aliphatic carbocycles. The number of phenols is 2. The minimum absolute atomic E-state index is 0.000523. The second-order valence-electron chi connectivity index (χ2n) is 7.34. The molecule has 0 saturated heterocycles. The molecule has 1 atom stereocenters. The summed E-state index contributed by atoms with van der Waals surface area (Å²) in [6.07, 6.45) is 1.69. The lowest BCUT2D eigenvalue weighted by Crippen LogP contribution is -2.27. The average molecular weight is 450 g/mol. The molecule has 0 bridgehead atoms. The van der Waals surface area contributed by atoms with Gasteiger partial charge in [-0.1, -0.05) is 18.2 Å². The Bertz CT molecular complexity index is 1150. The number of aromatic hydroxyl groups is 2. The smallest absolute Gasteiger partial charge is 0.252 e. The van der Waals surface area contributed by atoms with Crippen LogP contribution in [0.25, 0.3) is 11.6 Å². The van der Waals surface area contributed by atoms with Gasteiger partial charge < -0.3 is 29.7 Å². The Kier molecular flexibility index (Phi) is 7.46. The number of carbonyl (C=O) groups is 1. The minimum Gasteiger partial charge on any atom is -0.508 e. The van der Waals surface area contributed by atoms with Crippen LogP contribution in [0.4, 0.5) is 0 Å². The maximum Gasteiger partial charge on any atom is 0.252 e. The van der Waals surface area contributed by atoms with Crippen molar-refractivity contribution >= 4 is 17.6 Å². The van der Waals surface area contributed by atoms with Crippen LogP contribution in [0.5, 0.6) is 28.7 Å². The maximum absolute atomic E-state index is 13.5. The van der Waals surface area contributed by atoms with E-state index in [9.17, 15) is 15.0 Å². The highest BCUT2D eigenvalue weighted by molar-refractivity contribution is 6.25. The molecule has 3 N–H and O–H groups in total. The SMILES string of the molecule is COc1ccc(OC)c(/C(=C\c2ccc(O)c(OC)c2)C(=O)NC(C)c2ccc(O)cc2)c1. The molecule has 33 heavy (non-hydrogen) atoms. The zero-order chi connectivity index (χ0) is 24.0. The minimum atomic E-state index is -0.339. The maximum atomic E-state index is 13.5. The van der Waals surface area contributed by atoms with Crippen molar-refractivity contribution in [3.63, 3.8) is 0 Å². The molecule has 0 saturated carbocycles. The Balaban J connectivity index is 2.07. The van der Waals surface area contributed by atoms with Crippen molar-refractivity contribution < 1.29 is 29.2 Å². The Morgan fingerprint density at radius 2 is 1.58 bits per heavy atom. The number of hydrogen-bond donors (Lipinski definition) is 3. The molecule has 0 fully saturated rings. The third-order valence-corrected chi connectivity index (χ3v) is 5.20. The van der Waals surface area contributed by atoms with Gasteiger partial charge >= 0.3 is 0 Å². The highest BCUT2D eigenvalue weighted by Gasteiger charge is 2.20. The molecule has 0 aromatic heterocycles. The number of hydrogen-bond acceptors (Lipinski definition) is 6. The van der Waals surface area contributed by atoms with E-state index in [4.69, 9.17) is 14.2 Å². The van der Waals surface area contributed by atoms with E-state index in [1.54, 1.807) is 67.8 Å². The van der Waals surface area contributed by atoms with Crippen LogP contribution in [0.3, 0.4) is 0 Å². The van der Waals surface area contributed by atoms with Gasteiger partial charge in [0.15, 0.2) is 11.5 Å². The number of methoxy groups -OCH3 is 3. The monoisotopic (exact) mass is 449 g/mol. The van der Waals surface area contributed by atoms with Gasteiger partial charge in [0, 0.05) is 5.56 Å². The van der Waals surface area contributed by atoms with Crippen molar-refractivity contribution in [2.24, 2.45) is 0 Å². The van der Waals surface area contributed by atoms with Crippen molar-refractivity contribution in [2.75, 3.05) is 21.3 Å². The van der Waals surface area contributed by atoms with Gasteiger partial charge in [-0.25, -0.2) is 0 Å². The molecule has 3 aromatic carbocycles. The predicted octanol–water partition coefficient (Wildman–Crippen LogP) is 4.54. The molecule has 7 heteroatoms. The standard InChI is InChI=1S/C26H27NO6/c1-16(18-6-8-19(28)9-7-18)27-26(30)22(13-17-5-11-23(29)25(14-17)33-4)21-15-20(31-2)10-12-24(21)32-3/h5-16,28-29H,1-4H3,(H,27,30)/b22-13+. The Hall–Kier alpha value is -4.13. The molecule has 7 nitrogen and oxygen atoms in total. The van der Waals surface area contributed by atoms with Crippen LogP contribution in [0, 0.1) is 0 Å². The fourth-order valence-corrected chi connectivity index (χ4v) is 3.36. The lowest BCUT2D eigenvalue weighted by Gasteiger charge is -2.18. The van der Waals surface area contributed by atoms with Gasteiger partial charge in [0.05, 0.1) is 32.9 Å². The van der Waals surface area contributed by atoms with E-state index < -0.39 is 0 Å². The molecule has 3 aromatic rings. The summed E-state index contributed by atoms with van der Waals surface area (Å²) in [6, 6.07) is 16.4. The summed E-state index contributed by atoms with van der Waals surface area (Å²) in [5, 5.41) is 22.5. The predicted molar refractivity (Wildman–Crippen MR) is 127 cm³/mol. The highest BCUT2D eigenvalue weighted by Crippen LogP contribution is 2.34. The molecule has 0 heterocycles. The molecule has 0 aliphatic rings. The summed E-state index contributed by atoms with van der Waals surface area (Å²) < 4.78 is 16.1. The molecular weight excluding hydrogens is 422 g/mol. The van der Waals surface area contributed by atoms with Gasteiger partial charge in [-0.2, -0.15) is 0 Å². The fraction of sp³-hybridized carbons (Fsp3) is 0.192. The molecule has 0 radical (unpaired) electrons. The molecule has 1 unspecified atom stereocenters. The molecule has 0 spiro atoms. The normalized spacial score (nSPS) is 12.1. The Morgan fingerprint density at radius 1 is 0.879 bits per heavy atom. The largest absolute Gasteiger partial charge is 0.508 e. The summed E-state index contributed by atoms with van der Waals surface area (Å²) >= 11 is 0. The summed E-state index contributed by atoms with van der Waals surface area (Å²) in [4.78, 5) is 13.5. The van der Waals surface area contributed by atoms with Crippen LogP contribution in [0.2, 0.25) is 0 Å². The summed E-state index contributed by atoms with van der Waals surface area (Å²) in [5.41, 5.74) is 2.37. The number of benzene rings is 3. The first kappa shape index (κ1) is 23.5. The molecule has 172 valence electrons. The summed E-state index contributed by atoms with van der Waals surface area (Å²) in [5.74, 6) is 1.17. The van der Waals surface area contributed by atoms with Gasteiger partial charge in [-0.15, -0.1) is 0 Å². The van der Waals surface area contributed by atoms with Crippen LogP contribution in [-0.2, 0) is 4.79 Å². The lowest BCUT2D eigenvalue weighted by molar-refractivity contribution is -0.116. The Morgan fingerprint density at radius 3 is 2.21 bits per heavy atom. The van der Waals surface area contributed by atoms with E-state index in [2.05, 4.69) is 5.32 Å². The van der Waals surface area contributed by atoms with Crippen molar-refractivity contribution in [2.45, 2.75) is 13.0 Å². The highest BCUT2D eigenvalue weighted by atomic mass is 16.5. The lowest BCUT2D eigenvalue weighted by atomic mass is 9.99. The van der Waals surface area contributed by atoms with Crippen LogP contribution < -0.4 is 19.5 Å². The van der Waals surface area contributed by atoms with E-state index in [-0.39, 0.29) is 23.4 Å². The van der Waals surface area contributed by atoms with Gasteiger partial charge in [-0.05, 0) is 66.6 Å². The van der Waals surface area contributed by atoms with Gasteiger partial charge in [0.2, 0.25) is 0 Å². The Labute approximate surface area is 192 Å². The zero-order valence-electron chi connectivity index (χ0n) is 19.0. The number of nitrogens with one attached hydrogen (secondary N) is 1. The summed E-state index contributed by atoms with van der Waals surface area (Å²) in [6.45, 7) is 1.86. The second kappa shape index (κ2) is 10.5. The number of carbonyl (C=O) groups excluding carboxylic acids is 1. The quantitative estimate of drug-likeness (QED) is 0.345. The molecule has 1 amide bonds. The van der Waals surface area contributed by atoms with Gasteiger partial charge in [0.25, 0.3) is 5.91 Å². The molecule has 0 aliphatic heterocycles. The molecule has 3 rings (SSSR count). The van der Waals surface area contributed by atoms with Crippen molar-refractivity contribution in [1.29, 1.82) is 0 Å². The molecular formula is C26H27NO6. The third kappa shape index (κ3) is 5.57. The van der Waals surface area contributed by atoms with E-state index in [1.165, 1.54) is 20.3 Å².